The monoisotopic (exact) mass is 579 g/mol. The van der Waals surface area contributed by atoms with Crippen molar-refractivity contribution in [1.82, 2.24) is 0 Å². The average molecular weight is 579 g/mol. The van der Waals surface area contributed by atoms with Gasteiger partial charge in [-0.05, 0) is 38.5 Å². The van der Waals surface area contributed by atoms with E-state index in [1.54, 1.807) is 0 Å². The second kappa shape index (κ2) is 33.2. The van der Waals surface area contributed by atoms with Gasteiger partial charge in [-0.25, -0.2) is 0 Å². The van der Waals surface area contributed by atoms with Crippen LogP contribution in [0.3, 0.4) is 0 Å². The zero-order valence-corrected chi connectivity index (χ0v) is 27.6. The maximum absolute atomic E-state index is 12.0. The summed E-state index contributed by atoms with van der Waals surface area (Å²) >= 11 is 0. The van der Waals surface area contributed by atoms with E-state index in [2.05, 4.69) is 19.1 Å². The smallest absolute Gasteiger partial charge is 0.309 e. The van der Waals surface area contributed by atoms with Crippen molar-refractivity contribution >= 4 is 11.9 Å². The summed E-state index contributed by atoms with van der Waals surface area (Å²) in [5.41, 5.74) is 0. The summed E-state index contributed by atoms with van der Waals surface area (Å²) in [7, 11) is 0. The molecular weight excluding hydrogens is 508 g/mol. The van der Waals surface area contributed by atoms with Crippen molar-refractivity contribution in [3.8, 4) is 0 Å². The quantitative estimate of drug-likeness (QED) is 0.0478. The molecule has 0 radical (unpaired) electrons. The zero-order chi connectivity index (χ0) is 30.1. The van der Waals surface area contributed by atoms with Crippen LogP contribution in [-0.2, 0) is 14.3 Å². The molecule has 41 heavy (non-hydrogen) atoms. The number of aliphatic carboxylic acids is 1. The van der Waals surface area contributed by atoms with Gasteiger partial charge >= 0.3 is 11.9 Å². The number of unbranched alkanes of at least 4 members (excludes halogenated alkanes) is 24. The summed E-state index contributed by atoms with van der Waals surface area (Å²) in [4.78, 5) is 23.0. The highest BCUT2D eigenvalue weighted by atomic mass is 16.5. The van der Waals surface area contributed by atoms with Gasteiger partial charge in [-0.3, -0.25) is 9.59 Å². The first-order chi connectivity index (χ1) is 20.1. The third kappa shape index (κ3) is 31.4. The lowest BCUT2D eigenvalue weighted by molar-refractivity contribution is -0.153. The topological polar surface area (TPSA) is 63.6 Å². The van der Waals surface area contributed by atoms with E-state index in [0.29, 0.717) is 13.0 Å². The Bertz CT molecular complexity index is 585. The molecule has 4 nitrogen and oxygen atoms in total. The summed E-state index contributed by atoms with van der Waals surface area (Å²) < 4.78 is 5.15. The number of allylic oxidation sites excluding steroid dienone is 2. The van der Waals surface area contributed by atoms with Crippen LogP contribution >= 0.6 is 0 Å². The molecule has 0 heterocycles. The Morgan fingerprint density at radius 2 is 0.902 bits per heavy atom. The Morgan fingerprint density at radius 3 is 1.27 bits per heavy atom. The van der Waals surface area contributed by atoms with Crippen LogP contribution in [0.5, 0.6) is 0 Å². The molecule has 0 spiro atoms. The molecule has 0 aromatic heterocycles. The molecule has 1 N–H and O–H groups in total. The third-order valence-corrected chi connectivity index (χ3v) is 8.27. The summed E-state index contributed by atoms with van der Waals surface area (Å²) in [6.45, 7) is 4.60. The number of carbonyl (C=O) groups excluding carboxylic acids is 1. The standard InChI is InChI=1S/C37H70O4/c1-3-5-6-7-8-9-10-11-12-13-14-15-16-17-18-19-20-21-22-23-24-25-26-27-28-29-30-31-32-35(34-36(38)39)37(40)41-33-4-2/h28-29,35H,3-27,30-34H2,1-2H3,(H,38,39)/b29-28+. The molecule has 0 saturated heterocycles. The predicted molar refractivity (Wildman–Crippen MR) is 176 cm³/mol. The van der Waals surface area contributed by atoms with Gasteiger partial charge in [0.2, 0.25) is 0 Å². The fourth-order valence-corrected chi connectivity index (χ4v) is 5.60. The fraction of sp³-hybridized carbons (Fsp3) is 0.892. The minimum Gasteiger partial charge on any atom is -0.481 e. The molecule has 242 valence electrons. The van der Waals surface area contributed by atoms with Crippen LogP contribution in [0.4, 0.5) is 0 Å². The molecule has 0 aliphatic heterocycles. The van der Waals surface area contributed by atoms with E-state index in [1.165, 1.54) is 148 Å². The second-order valence-corrected chi connectivity index (χ2v) is 12.4. The van der Waals surface area contributed by atoms with Gasteiger partial charge in [0.15, 0.2) is 0 Å². The van der Waals surface area contributed by atoms with Crippen molar-refractivity contribution in [2.24, 2.45) is 5.92 Å². The first kappa shape index (κ1) is 39.7. The highest BCUT2D eigenvalue weighted by molar-refractivity contribution is 5.79. The Morgan fingerprint density at radius 1 is 0.537 bits per heavy atom. The first-order valence-corrected chi connectivity index (χ1v) is 18.1. The molecule has 4 heteroatoms. The number of ether oxygens (including phenoxy) is 1. The molecule has 1 unspecified atom stereocenters. The number of carboxylic acid groups (broad SMARTS) is 1. The molecule has 0 amide bonds. The Labute approximate surface area is 255 Å². The van der Waals surface area contributed by atoms with Crippen LogP contribution in [0.2, 0.25) is 0 Å². The molecule has 0 aromatic carbocycles. The third-order valence-electron chi connectivity index (χ3n) is 8.27. The van der Waals surface area contributed by atoms with Crippen molar-refractivity contribution in [1.29, 1.82) is 0 Å². The number of hydrogen-bond acceptors (Lipinski definition) is 3. The van der Waals surface area contributed by atoms with E-state index >= 15 is 0 Å². The summed E-state index contributed by atoms with van der Waals surface area (Å²) in [6.07, 6.45) is 41.1. The van der Waals surface area contributed by atoms with E-state index in [9.17, 15) is 9.59 Å². The molecule has 0 aliphatic rings. The van der Waals surface area contributed by atoms with Crippen molar-refractivity contribution in [3.63, 3.8) is 0 Å². The van der Waals surface area contributed by atoms with Gasteiger partial charge in [0.1, 0.15) is 0 Å². The number of esters is 1. The second-order valence-electron chi connectivity index (χ2n) is 12.4. The van der Waals surface area contributed by atoms with Crippen molar-refractivity contribution in [2.75, 3.05) is 6.61 Å². The van der Waals surface area contributed by atoms with Crippen molar-refractivity contribution < 1.29 is 19.4 Å². The van der Waals surface area contributed by atoms with Crippen molar-refractivity contribution in [3.05, 3.63) is 12.2 Å². The summed E-state index contributed by atoms with van der Waals surface area (Å²) in [5, 5.41) is 9.04. The molecule has 0 bridgehead atoms. The van der Waals surface area contributed by atoms with E-state index < -0.39 is 11.9 Å². The fourth-order valence-electron chi connectivity index (χ4n) is 5.60. The molecule has 1 atom stereocenters. The number of hydrogen-bond donors (Lipinski definition) is 1. The molecule has 0 fully saturated rings. The highest BCUT2D eigenvalue weighted by Gasteiger charge is 2.22. The van der Waals surface area contributed by atoms with Gasteiger partial charge in [0, 0.05) is 0 Å². The molecule has 0 aliphatic carbocycles. The van der Waals surface area contributed by atoms with E-state index in [4.69, 9.17) is 9.84 Å². The molecule has 0 rings (SSSR count). The summed E-state index contributed by atoms with van der Waals surface area (Å²) in [5.74, 6) is -1.81. The predicted octanol–water partition coefficient (Wildman–Crippen LogP) is 12.1. The Balaban J connectivity index is 3.34. The van der Waals surface area contributed by atoms with E-state index in [0.717, 1.165) is 25.7 Å². The lowest BCUT2D eigenvalue weighted by Gasteiger charge is -2.13. The lowest BCUT2D eigenvalue weighted by Crippen LogP contribution is -2.21. The van der Waals surface area contributed by atoms with E-state index in [1.807, 2.05) is 6.92 Å². The van der Waals surface area contributed by atoms with Crippen LogP contribution in [-0.4, -0.2) is 23.7 Å². The maximum Gasteiger partial charge on any atom is 0.309 e. The minimum absolute atomic E-state index is 0.133. The lowest BCUT2D eigenvalue weighted by atomic mass is 9.98. The maximum atomic E-state index is 12.0. The zero-order valence-electron chi connectivity index (χ0n) is 27.6. The molecular formula is C37H70O4. The largest absolute Gasteiger partial charge is 0.481 e. The van der Waals surface area contributed by atoms with Crippen LogP contribution in [0.1, 0.15) is 200 Å². The molecule has 0 saturated carbocycles. The average Bonchev–Trinajstić information content (AvgIpc) is 2.96. The summed E-state index contributed by atoms with van der Waals surface area (Å²) in [6, 6.07) is 0. The van der Waals surface area contributed by atoms with Gasteiger partial charge in [0.25, 0.3) is 0 Å². The Hall–Kier alpha value is -1.32. The van der Waals surface area contributed by atoms with Crippen molar-refractivity contribution in [2.45, 2.75) is 200 Å². The number of carboxylic acids is 1. The van der Waals surface area contributed by atoms with Crippen LogP contribution in [0, 0.1) is 5.92 Å². The first-order valence-electron chi connectivity index (χ1n) is 18.1. The van der Waals surface area contributed by atoms with Crippen LogP contribution in [0.15, 0.2) is 12.2 Å². The number of carbonyl (C=O) groups is 2. The van der Waals surface area contributed by atoms with Gasteiger partial charge in [-0.1, -0.05) is 167 Å². The van der Waals surface area contributed by atoms with Crippen LogP contribution < -0.4 is 0 Å². The molecule has 0 aromatic rings. The SMILES string of the molecule is CCCCCCCCCCCCCCCCCCCCCCCCC/C=C/CCCC(CC(=O)O)C(=O)OCCC. The minimum atomic E-state index is -0.931. The normalized spacial score (nSPS) is 12.2. The van der Waals surface area contributed by atoms with Gasteiger partial charge < -0.3 is 9.84 Å². The van der Waals surface area contributed by atoms with E-state index in [-0.39, 0.29) is 12.4 Å². The van der Waals surface area contributed by atoms with Crippen LogP contribution in [0.25, 0.3) is 0 Å². The van der Waals surface area contributed by atoms with Gasteiger partial charge in [-0.2, -0.15) is 0 Å². The number of rotatable bonds is 33. The highest BCUT2D eigenvalue weighted by Crippen LogP contribution is 2.17. The Kier molecular flexibility index (Phi) is 32.1. The van der Waals surface area contributed by atoms with Gasteiger partial charge in [0.05, 0.1) is 18.9 Å². The van der Waals surface area contributed by atoms with Gasteiger partial charge in [-0.15, -0.1) is 0 Å².